The van der Waals surface area contributed by atoms with Crippen LogP contribution >= 0.6 is 0 Å². The third kappa shape index (κ3) is 4.84. The second-order valence-corrected chi connectivity index (χ2v) is 7.41. The highest BCUT2D eigenvalue weighted by Crippen LogP contribution is 2.26. The SMILES string of the molecule is CN=C(NCc1ccc(N(C)C)nc1)NC1CCN(C2CCCC2)C1. The number of likely N-dealkylation sites (tertiary alicyclic amines) is 1. The zero-order chi connectivity index (χ0) is 17.6. The number of aromatic nitrogens is 1. The van der Waals surface area contributed by atoms with Gasteiger partial charge in [0.05, 0.1) is 0 Å². The van der Waals surface area contributed by atoms with E-state index < -0.39 is 0 Å². The molecule has 0 aromatic carbocycles. The smallest absolute Gasteiger partial charge is 0.191 e. The molecule has 0 radical (unpaired) electrons. The summed E-state index contributed by atoms with van der Waals surface area (Å²) in [6, 6.07) is 5.48. The fourth-order valence-electron chi connectivity index (χ4n) is 3.87. The first kappa shape index (κ1) is 18.0. The van der Waals surface area contributed by atoms with Crippen LogP contribution in [0.3, 0.4) is 0 Å². The van der Waals surface area contributed by atoms with E-state index in [9.17, 15) is 0 Å². The average molecular weight is 345 g/mol. The van der Waals surface area contributed by atoms with Gasteiger partial charge < -0.3 is 15.5 Å². The van der Waals surface area contributed by atoms with Crippen molar-refractivity contribution in [2.45, 2.75) is 50.7 Å². The van der Waals surface area contributed by atoms with Crippen molar-refractivity contribution < 1.29 is 0 Å². The molecule has 1 unspecified atom stereocenters. The number of pyridine rings is 1. The van der Waals surface area contributed by atoms with Crippen LogP contribution in [-0.4, -0.2) is 62.2 Å². The summed E-state index contributed by atoms with van der Waals surface area (Å²) in [7, 11) is 5.84. The molecule has 0 bridgehead atoms. The molecule has 2 heterocycles. The molecule has 6 heteroatoms. The summed E-state index contributed by atoms with van der Waals surface area (Å²) in [6.45, 7) is 3.10. The molecule has 1 atom stereocenters. The molecule has 1 aliphatic heterocycles. The Morgan fingerprint density at radius 3 is 2.72 bits per heavy atom. The van der Waals surface area contributed by atoms with E-state index >= 15 is 0 Å². The molecule has 1 saturated heterocycles. The lowest BCUT2D eigenvalue weighted by Gasteiger charge is -2.24. The van der Waals surface area contributed by atoms with Crippen molar-refractivity contribution in [1.82, 2.24) is 20.5 Å². The highest BCUT2D eigenvalue weighted by molar-refractivity contribution is 5.80. The Labute approximate surface area is 151 Å². The van der Waals surface area contributed by atoms with E-state index in [1.807, 2.05) is 38.3 Å². The van der Waals surface area contributed by atoms with Crippen LogP contribution in [0.5, 0.6) is 0 Å². The maximum Gasteiger partial charge on any atom is 0.191 e. The van der Waals surface area contributed by atoms with Crippen LogP contribution in [0.1, 0.15) is 37.7 Å². The first-order valence-corrected chi connectivity index (χ1v) is 9.49. The number of nitrogens with one attached hydrogen (secondary N) is 2. The number of anilines is 1. The Bertz CT molecular complexity index is 562. The minimum atomic E-state index is 0.501. The molecular formula is C19H32N6. The van der Waals surface area contributed by atoms with E-state index in [0.717, 1.165) is 36.5 Å². The van der Waals surface area contributed by atoms with Gasteiger partial charge >= 0.3 is 0 Å². The largest absolute Gasteiger partial charge is 0.363 e. The molecule has 1 aromatic rings. The van der Waals surface area contributed by atoms with Crippen molar-refractivity contribution in [3.05, 3.63) is 23.9 Å². The molecule has 0 spiro atoms. The second-order valence-electron chi connectivity index (χ2n) is 7.41. The van der Waals surface area contributed by atoms with Crippen molar-refractivity contribution in [3.63, 3.8) is 0 Å². The zero-order valence-electron chi connectivity index (χ0n) is 15.8. The topological polar surface area (TPSA) is 55.8 Å². The molecular weight excluding hydrogens is 312 g/mol. The molecule has 0 amide bonds. The van der Waals surface area contributed by atoms with E-state index in [1.54, 1.807) is 0 Å². The molecule has 6 nitrogen and oxygen atoms in total. The van der Waals surface area contributed by atoms with Crippen LogP contribution in [0, 0.1) is 0 Å². The van der Waals surface area contributed by atoms with Gasteiger partial charge in [-0.25, -0.2) is 4.98 Å². The van der Waals surface area contributed by atoms with E-state index in [2.05, 4.69) is 31.6 Å². The first-order chi connectivity index (χ1) is 12.2. The van der Waals surface area contributed by atoms with Crippen LogP contribution in [-0.2, 0) is 6.54 Å². The number of nitrogens with zero attached hydrogens (tertiary/aromatic N) is 4. The summed E-state index contributed by atoms with van der Waals surface area (Å²) in [6.07, 6.45) is 8.71. The predicted molar refractivity (Wildman–Crippen MR) is 104 cm³/mol. The summed E-state index contributed by atoms with van der Waals surface area (Å²) in [5.74, 6) is 1.86. The third-order valence-electron chi connectivity index (χ3n) is 5.35. The van der Waals surface area contributed by atoms with Gasteiger partial charge in [0.2, 0.25) is 0 Å². The monoisotopic (exact) mass is 344 g/mol. The molecule has 1 aliphatic carbocycles. The first-order valence-electron chi connectivity index (χ1n) is 9.49. The van der Waals surface area contributed by atoms with Crippen LogP contribution in [0.2, 0.25) is 0 Å². The van der Waals surface area contributed by atoms with Gasteiger partial charge in [-0.2, -0.15) is 0 Å². The molecule has 2 fully saturated rings. The third-order valence-corrected chi connectivity index (χ3v) is 5.35. The molecule has 1 aromatic heterocycles. The Balaban J connectivity index is 1.45. The number of hydrogen-bond donors (Lipinski definition) is 2. The summed E-state index contributed by atoms with van der Waals surface area (Å²) >= 11 is 0. The quantitative estimate of drug-likeness (QED) is 0.630. The predicted octanol–water partition coefficient (Wildman–Crippen LogP) is 1.83. The van der Waals surface area contributed by atoms with E-state index in [4.69, 9.17) is 0 Å². The average Bonchev–Trinajstić information content (AvgIpc) is 3.30. The zero-order valence-corrected chi connectivity index (χ0v) is 15.8. The Morgan fingerprint density at radius 2 is 2.08 bits per heavy atom. The van der Waals surface area contributed by atoms with Crippen LogP contribution in [0.25, 0.3) is 0 Å². The van der Waals surface area contributed by atoms with E-state index in [1.165, 1.54) is 38.6 Å². The Kier molecular flexibility index (Phi) is 6.13. The van der Waals surface area contributed by atoms with Crippen molar-refractivity contribution in [2.24, 2.45) is 4.99 Å². The number of hydrogen-bond acceptors (Lipinski definition) is 4. The van der Waals surface area contributed by atoms with Gasteiger partial charge in [0, 0.05) is 59.1 Å². The minimum Gasteiger partial charge on any atom is -0.363 e. The minimum absolute atomic E-state index is 0.501. The Morgan fingerprint density at radius 1 is 1.28 bits per heavy atom. The summed E-state index contributed by atoms with van der Waals surface area (Å²) in [5, 5.41) is 7.00. The van der Waals surface area contributed by atoms with Gasteiger partial charge in [0.15, 0.2) is 5.96 Å². The van der Waals surface area contributed by atoms with Crippen molar-refractivity contribution >= 4 is 11.8 Å². The maximum atomic E-state index is 4.46. The number of guanidine groups is 1. The lowest BCUT2D eigenvalue weighted by atomic mass is 10.2. The normalized spacial score (nSPS) is 22.4. The summed E-state index contributed by atoms with van der Waals surface area (Å²) < 4.78 is 0. The van der Waals surface area contributed by atoms with Crippen molar-refractivity contribution in [1.29, 1.82) is 0 Å². The van der Waals surface area contributed by atoms with Crippen molar-refractivity contribution in [2.75, 3.05) is 39.1 Å². The van der Waals surface area contributed by atoms with E-state index in [0.29, 0.717) is 6.04 Å². The van der Waals surface area contributed by atoms with Gasteiger partial charge in [-0.1, -0.05) is 18.9 Å². The fraction of sp³-hybridized carbons (Fsp3) is 0.684. The molecule has 3 rings (SSSR count). The fourth-order valence-corrected chi connectivity index (χ4v) is 3.87. The summed E-state index contributed by atoms with van der Waals surface area (Å²) in [5.41, 5.74) is 1.16. The van der Waals surface area contributed by atoms with Gasteiger partial charge in [0.25, 0.3) is 0 Å². The highest BCUT2D eigenvalue weighted by Gasteiger charge is 2.30. The van der Waals surface area contributed by atoms with Crippen LogP contribution in [0.15, 0.2) is 23.3 Å². The Hall–Kier alpha value is -1.82. The van der Waals surface area contributed by atoms with Gasteiger partial charge in [-0.3, -0.25) is 9.89 Å². The lowest BCUT2D eigenvalue weighted by molar-refractivity contribution is 0.242. The second kappa shape index (κ2) is 8.52. The van der Waals surface area contributed by atoms with Crippen LogP contribution in [0.4, 0.5) is 5.82 Å². The molecule has 138 valence electrons. The standard InChI is InChI=1S/C19H32N6/c1-20-19(22-13-15-8-9-18(21-12-15)24(2)3)23-16-10-11-25(14-16)17-6-4-5-7-17/h8-9,12,16-17H,4-7,10-11,13-14H2,1-3H3,(H2,20,22,23). The molecule has 2 aliphatic rings. The lowest BCUT2D eigenvalue weighted by Crippen LogP contribution is -2.45. The molecule has 1 saturated carbocycles. The molecule has 25 heavy (non-hydrogen) atoms. The van der Waals surface area contributed by atoms with Crippen LogP contribution < -0.4 is 15.5 Å². The van der Waals surface area contributed by atoms with E-state index in [-0.39, 0.29) is 0 Å². The number of aliphatic imine (C=N–C) groups is 1. The van der Waals surface area contributed by atoms with Crippen molar-refractivity contribution in [3.8, 4) is 0 Å². The maximum absolute atomic E-state index is 4.46. The molecule has 2 N–H and O–H groups in total. The van der Waals surface area contributed by atoms with Gasteiger partial charge in [-0.05, 0) is 30.9 Å². The van der Waals surface area contributed by atoms with Gasteiger partial charge in [0.1, 0.15) is 5.82 Å². The van der Waals surface area contributed by atoms with Gasteiger partial charge in [-0.15, -0.1) is 0 Å². The number of rotatable bonds is 5. The highest BCUT2D eigenvalue weighted by atomic mass is 15.3. The summed E-state index contributed by atoms with van der Waals surface area (Å²) in [4.78, 5) is 13.5.